The lowest BCUT2D eigenvalue weighted by molar-refractivity contribution is 0.594. The van der Waals surface area contributed by atoms with Gasteiger partial charge in [0.05, 0.1) is 11.3 Å². The minimum Gasteiger partial charge on any atom is -0.243 e. The predicted molar refractivity (Wildman–Crippen MR) is 56.0 cm³/mol. The van der Waals surface area contributed by atoms with E-state index in [1.165, 1.54) is 12.3 Å². The van der Waals surface area contributed by atoms with Crippen molar-refractivity contribution in [3.8, 4) is 12.1 Å². The Labute approximate surface area is 93.9 Å². The van der Waals surface area contributed by atoms with Gasteiger partial charge < -0.3 is 0 Å². The third kappa shape index (κ3) is 2.36. The fraction of sp³-hybridized carbons (Fsp3) is 0.300. The maximum Gasteiger partial charge on any atom is 0.181 e. The maximum absolute atomic E-state index is 11.8. The molecule has 0 aliphatic rings. The lowest BCUT2D eigenvalue weighted by Crippen LogP contribution is -2.09. The van der Waals surface area contributed by atoms with Crippen LogP contribution in [-0.4, -0.2) is 19.2 Å². The Bertz CT molecular complexity index is 579. The summed E-state index contributed by atoms with van der Waals surface area (Å²) in [7, 11) is -3.52. The van der Waals surface area contributed by atoms with Crippen LogP contribution in [0.5, 0.6) is 0 Å². The molecule has 1 rings (SSSR count). The normalized spacial score (nSPS) is 10.4. The number of pyridine rings is 1. The summed E-state index contributed by atoms with van der Waals surface area (Å²) in [5, 5.41) is 17.4. The van der Waals surface area contributed by atoms with Gasteiger partial charge in [0.15, 0.2) is 15.5 Å². The van der Waals surface area contributed by atoms with Gasteiger partial charge in [0.2, 0.25) is 0 Å². The second kappa shape index (κ2) is 4.73. The molecule has 1 heterocycles. The highest BCUT2D eigenvalue weighted by atomic mass is 32.2. The molecule has 0 aliphatic carbocycles. The average molecular weight is 235 g/mol. The second-order valence-electron chi connectivity index (χ2n) is 3.11. The second-order valence-corrected chi connectivity index (χ2v) is 5.19. The molecule has 0 N–H and O–H groups in total. The van der Waals surface area contributed by atoms with Crippen molar-refractivity contribution in [2.45, 2.75) is 18.2 Å². The van der Waals surface area contributed by atoms with E-state index < -0.39 is 9.84 Å². The minimum absolute atomic E-state index is 0.0573. The number of nitrogens with zero attached hydrogens (tertiary/aromatic N) is 3. The molecule has 0 saturated heterocycles. The van der Waals surface area contributed by atoms with Crippen molar-refractivity contribution in [1.82, 2.24) is 4.98 Å². The minimum atomic E-state index is -3.52. The number of rotatable bonds is 3. The lowest BCUT2D eigenvalue weighted by atomic mass is 10.3. The van der Waals surface area contributed by atoms with Gasteiger partial charge in [-0.05, 0) is 12.5 Å². The molecule has 0 bridgehead atoms. The molecule has 0 amide bonds. The summed E-state index contributed by atoms with van der Waals surface area (Å²) in [6, 6.07) is 4.70. The summed E-state index contributed by atoms with van der Waals surface area (Å²) in [4.78, 5) is 3.50. The van der Waals surface area contributed by atoms with E-state index in [2.05, 4.69) is 4.98 Å². The molecule has 0 fully saturated rings. The Morgan fingerprint density at radius 1 is 1.38 bits per heavy atom. The van der Waals surface area contributed by atoms with E-state index in [1.54, 1.807) is 19.1 Å². The van der Waals surface area contributed by atoms with E-state index in [-0.39, 0.29) is 21.9 Å². The predicted octanol–water partition coefficient (Wildman–Crippen LogP) is 1.01. The summed E-state index contributed by atoms with van der Waals surface area (Å²) < 4.78 is 23.6. The van der Waals surface area contributed by atoms with Crippen LogP contribution in [-0.2, 0) is 9.84 Å². The highest BCUT2D eigenvalue weighted by molar-refractivity contribution is 7.91. The molecule has 0 radical (unpaired) electrons. The summed E-state index contributed by atoms with van der Waals surface area (Å²) in [5.74, 6) is -0.0573. The van der Waals surface area contributed by atoms with E-state index in [1.807, 2.05) is 0 Å². The van der Waals surface area contributed by atoms with Gasteiger partial charge in [-0.1, -0.05) is 6.92 Å². The fourth-order valence-electron chi connectivity index (χ4n) is 1.21. The molecule has 0 unspecified atom stereocenters. The highest BCUT2D eigenvalue weighted by Crippen LogP contribution is 2.16. The Morgan fingerprint density at radius 3 is 2.56 bits per heavy atom. The van der Waals surface area contributed by atoms with Gasteiger partial charge in [-0.3, -0.25) is 0 Å². The number of aromatic nitrogens is 1. The van der Waals surface area contributed by atoms with E-state index in [9.17, 15) is 8.42 Å². The van der Waals surface area contributed by atoms with Gasteiger partial charge in [-0.2, -0.15) is 10.5 Å². The lowest BCUT2D eigenvalue weighted by Gasteiger charge is -2.04. The van der Waals surface area contributed by atoms with E-state index in [4.69, 9.17) is 10.5 Å². The van der Waals surface area contributed by atoms with Crippen LogP contribution in [0.15, 0.2) is 17.2 Å². The largest absolute Gasteiger partial charge is 0.243 e. The standard InChI is InChI=1S/C10H9N3O2S/c1-2-3-16(14,15)10-4-8(5-11)7-13-9(10)6-12/h4,7H,2-3H2,1H3. The quantitative estimate of drug-likeness (QED) is 0.779. The van der Waals surface area contributed by atoms with Crippen molar-refractivity contribution in [1.29, 1.82) is 10.5 Å². The van der Waals surface area contributed by atoms with Crippen molar-refractivity contribution in [3.05, 3.63) is 23.5 Å². The zero-order valence-electron chi connectivity index (χ0n) is 8.64. The van der Waals surface area contributed by atoms with Crippen molar-refractivity contribution >= 4 is 9.84 Å². The van der Waals surface area contributed by atoms with Crippen molar-refractivity contribution in [2.75, 3.05) is 5.75 Å². The molecule has 6 heteroatoms. The summed E-state index contributed by atoms with van der Waals surface area (Å²) in [5.41, 5.74) is -0.0267. The number of hydrogen-bond donors (Lipinski definition) is 0. The van der Waals surface area contributed by atoms with Crippen LogP contribution in [0, 0.1) is 22.7 Å². The topological polar surface area (TPSA) is 94.6 Å². The molecule has 0 aromatic carbocycles. The summed E-state index contributed by atoms with van der Waals surface area (Å²) in [6.07, 6.45) is 1.63. The number of nitriles is 2. The van der Waals surface area contributed by atoms with Crippen LogP contribution in [0.4, 0.5) is 0 Å². The van der Waals surface area contributed by atoms with Crippen molar-refractivity contribution in [2.24, 2.45) is 0 Å². The first kappa shape index (κ1) is 12.2. The molecule has 0 atom stereocenters. The average Bonchev–Trinajstić information content (AvgIpc) is 2.28. The Morgan fingerprint density at radius 2 is 2.06 bits per heavy atom. The van der Waals surface area contributed by atoms with Gasteiger partial charge in [-0.15, -0.1) is 0 Å². The van der Waals surface area contributed by atoms with Crippen LogP contribution in [0.1, 0.15) is 24.6 Å². The molecule has 0 aliphatic heterocycles. The molecular weight excluding hydrogens is 226 g/mol. The van der Waals surface area contributed by atoms with Crippen LogP contribution >= 0.6 is 0 Å². The zero-order chi connectivity index (χ0) is 12.2. The molecule has 0 saturated carbocycles. The molecular formula is C10H9N3O2S. The van der Waals surface area contributed by atoms with E-state index >= 15 is 0 Å². The first-order valence-electron chi connectivity index (χ1n) is 4.58. The van der Waals surface area contributed by atoms with Crippen molar-refractivity contribution < 1.29 is 8.42 Å². The summed E-state index contributed by atoms with van der Waals surface area (Å²) in [6.45, 7) is 1.73. The van der Waals surface area contributed by atoms with Gasteiger partial charge in [0.25, 0.3) is 0 Å². The molecule has 1 aromatic rings. The molecule has 0 spiro atoms. The monoisotopic (exact) mass is 235 g/mol. The van der Waals surface area contributed by atoms with Crippen LogP contribution in [0.2, 0.25) is 0 Å². The fourth-order valence-corrected chi connectivity index (χ4v) is 2.66. The van der Waals surface area contributed by atoms with Gasteiger partial charge in [-0.25, -0.2) is 13.4 Å². The first-order chi connectivity index (χ1) is 7.55. The molecule has 1 aromatic heterocycles. The van der Waals surface area contributed by atoms with Crippen LogP contribution in [0.3, 0.4) is 0 Å². The van der Waals surface area contributed by atoms with Crippen molar-refractivity contribution in [3.63, 3.8) is 0 Å². The molecule has 5 nitrogen and oxygen atoms in total. The van der Waals surface area contributed by atoms with E-state index in [0.29, 0.717) is 6.42 Å². The number of hydrogen-bond acceptors (Lipinski definition) is 5. The Balaban J connectivity index is 3.44. The first-order valence-corrected chi connectivity index (χ1v) is 6.23. The van der Waals surface area contributed by atoms with Crippen LogP contribution < -0.4 is 0 Å². The Hall–Kier alpha value is -1.92. The van der Waals surface area contributed by atoms with Gasteiger partial charge in [0.1, 0.15) is 17.0 Å². The maximum atomic E-state index is 11.8. The van der Waals surface area contributed by atoms with Gasteiger partial charge >= 0.3 is 0 Å². The number of sulfone groups is 1. The summed E-state index contributed by atoms with van der Waals surface area (Å²) >= 11 is 0. The third-order valence-corrected chi connectivity index (χ3v) is 3.82. The van der Waals surface area contributed by atoms with Crippen LogP contribution in [0.25, 0.3) is 0 Å². The SMILES string of the molecule is CCCS(=O)(=O)c1cc(C#N)cnc1C#N. The van der Waals surface area contributed by atoms with Gasteiger partial charge in [0, 0.05) is 6.20 Å². The van der Waals surface area contributed by atoms with E-state index in [0.717, 1.165) is 0 Å². The molecule has 82 valence electrons. The molecule has 16 heavy (non-hydrogen) atoms. The highest BCUT2D eigenvalue weighted by Gasteiger charge is 2.19. The Kier molecular flexibility index (Phi) is 3.60. The zero-order valence-corrected chi connectivity index (χ0v) is 9.45. The smallest absolute Gasteiger partial charge is 0.181 e. The third-order valence-electron chi connectivity index (χ3n) is 1.90.